The van der Waals surface area contributed by atoms with Crippen molar-refractivity contribution in [1.29, 1.82) is 0 Å². The number of esters is 1. The predicted molar refractivity (Wildman–Crippen MR) is 116 cm³/mol. The summed E-state index contributed by atoms with van der Waals surface area (Å²) in [7, 11) is -5.02. The average molecular weight is 519 g/mol. The van der Waals surface area contributed by atoms with Crippen LogP contribution in [0.2, 0.25) is 0 Å². The highest BCUT2D eigenvalue weighted by Crippen LogP contribution is 2.50. The number of ether oxygens (including phenoxy) is 1. The molecule has 0 aliphatic carbocycles. The fourth-order valence-corrected chi connectivity index (χ4v) is 4.03. The predicted octanol–water partition coefficient (Wildman–Crippen LogP) is 5.70. The molecule has 10 heteroatoms. The summed E-state index contributed by atoms with van der Waals surface area (Å²) in [6.45, 7) is 2.05. The minimum atomic E-state index is -5.02. The van der Waals surface area contributed by atoms with Crippen molar-refractivity contribution in [3.05, 3.63) is 63.6 Å². The maximum absolute atomic E-state index is 12.5. The van der Waals surface area contributed by atoms with Crippen LogP contribution in [-0.2, 0) is 15.1 Å². The van der Waals surface area contributed by atoms with E-state index in [1.807, 2.05) is 0 Å². The molecule has 0 aromatic heterocycles. The number of carbonyl (C=O) groups is 1. The number of benzene rings is 2. The second-order valence-corrected chi connectivity index (χ2v) is 9.33. The van der Waals surface area contributed by atoms with Gasteiger partial charge in [-0.2, -0.15) is 8.78 Å². The molecule has 2 aromatic rings. The Labute approximate surface area is 185 Å². The van der Waals surface area contributed by atoms with Crippen LogP contribution in [0.15, 0.2) is 46.9 Å². The Morgan fingerprint density at radius 1 is 1.30 bits per heavy atom. The molecule has 30 heavy (non-hydrogen) atoms. The number of thioether (sulfide) groups is 1. The van der Waals surface area contributed by atoms with E-state index in [0.29, 0.717) is 33.7 Å². The zero-order valence-electron chi connectivity index (χ0n) is 15.8. The van der Waals surface area contributed by atoms with Crippen molar-refractivity contribution in [1.82, 2.24) is 0 Å². The van der Waals surface area contributed by atoms with Gasteiger partial charge in [-0.25, -0.2) is 9.36 Å². The molecule has 160 valence electrons. The molecule has 0 radical (unpaired) electrons. The molecule has 5 nitrogen and oxygen atoms in total. The van der Waals surface area contributed by atoms with E-state index >= 15 is 0 Å². The average Bonchev–Trinajstić information content (AvgIpc) is 2.70. The van der Waals surface area contributed by atoms with E-state index in [0.717, 1.165) is 5.56 Å². The molecule has 0 aliphatic heterocycles. The van der Waals surface area contributed by atoms with Crippen LogP contribution in [0.25, 0.3) is 0 Å². The van der Waals surface area contributed by atoms with Gasteiger partial charge in [0.15, 0.2) is 0 Å². The van der Waals surface area contributed by atoms with Crippen LogP contribution in [-0.4, -0.2) is 29.4 Å². The van der Waals surface area contributed by atoms with Crippen LogP contribution in [0.1, 0.15) is 28.4 Å². The van der Waals surface area contributed by atoms with Crippen molar-refractivity contribution < 1.29 is 32.3 Å². The summed E-state index contributed by atoms with van der Waals surface area (Å²) in [4.78, 5) is 20.9. The molecule has 0 heterocycles. The highest BCUT2D eigenvalue weighted by molar-refractivity contribution is 9.10. The van der Waals surface area contributed by atoms with Crippen LogP contribution >= 0.6 is 35.3 Å². The van der Waals surface area contributed by atoms with Gasteiger partial charge in [-0.15, -0.1) is 11.8 Å². The first-order valence-electron chi connectivity index (χ1n) is 8.65. The second kappa shape index (κ2) is 11.5. The van der Waals surface area contributed by atoms with Crippen molar-refractivity contribution in [2.75, 3.05) is 12.4 Å². The Morgan fingerprint density at radius 2 is 2.07 bits per heavy atom. The molecular formula is C20H18BrF2O5PS. The normalized spacial score (nSPS) is 12.6. The minimum Gasteiger partial charge on any atom is -0.462 e. The second-order valence-electron chi connectivity index (χ2n) is 5.79. The lowest BCUT2D eigenvalue weighted by molar-refractivity contribution is 0.0526. The molecule has 0 aliphatic rings. The van der Waals surface area contributed by atoms with Gasteiger partial charge < -0.3 is 14.2 Å². The largest absolute Gasteiger partial charge is 0.462 e. The Balaban J connectivity index is 1.90. The molecule has 1 atom stereocenters. The summed E-state index contributed by atoms with van der Waals surface area (Å²) in [6.07, 6.45) is -3.48. The highest BCUT2D eigenvalue weighted by atomic mass is 79.9. The minimum absolute atomic E-state index is 0.129. The Bertz CT molecular complexity index is 1010. The molecule has 0 saturated heterocycles. The fraction of sp³-hybridized carbons (Fsp3) is 0.250. The quantitative estimate of drug-likeness (QED) is 0.209. The first-order chi connectivity index (χ1) is 14.2. The van der Waals surface area contributed by atoms with Crippen molar-refractivity contribution in [2.24, 2.45) is 0 Å². The van der Waals surface area contributed by atoms with Gasteiger partial charge in [0.25, 0.3) is 0 Å². The third-order valence-corrected chi connectivity index (χ3v) is 5.98. The molecule has 2 rings (SSSR count). The smallest absolute Gasteiger partial charge is 0.442 e. The third-order valence-electron chi connectivity index (χ3n) is 3.52. The maximum atomic E-state index is 12.5. The zero-order chi connectivity index (χ0) is 22.1. The lowest BCUT2D eigenvalue weighted by Crippen LogP contribution is -2.04. The SMILES string of the molecule is CCOC(=O)c1cccc(C#CCSCc2ccc(OP(=O)(O)C(F)F)c(Br)c2)c1. The molecule has 0 spiro atoms. The molecule has 0 bridgehead atoms. The monoisotopic (exact) mass is 518 g/mol. The molecule has 0 saturated carbocycles. The maximum Gasteiger partial charge on any atom is 0.442 e. The van der Waals surface area contributed by atoms with Gasteiger partial charge in [-0.05, 0) is 58.7 Å². The van der Waals surface area contributed by atoms with E-state index in [1.54, 1.807) is 43.3 Å². The van der Waals surface area contributed by atoms with Gasteiger partial charge in [0.1, 0.15) is 5.75 Å². The number of alkyl halides is 2. The fourth-order valence-electron chi connectivity index (χ4n) is 2.19. The Hall–Kier alpha value is -1.85. The van der Waals surface area contributed by atoms with Gasteiger partial charge >= 0.3 is 19.7 Å². The summed E-state index contributed by atoms with van der Waals surface area (Å²) >= 11 is 4.68. The Morgan fingerprint density at radius 3 is 2.73 bits per heavy atom. The van der Waals surface area contributed by atoms with Crippen LogP contribution < -0.4 is 4.52 Å². The van der Waals surface area contributed by atoms with Crippen molar-refractivity contribution in [3.8, 4) is 17.6 Å². The van der Waals surface area contributed by atoms with E-state index in [-0.39, 0.29) is 11.7 Å². The summed E-state index contributed by atoms with van der Waals surface area (Å²) in [5, 5.41) is 0. The van der Waals surface area contributed by atoms with Gasteiger partial charge in [-0.3, -0.25) is 0 Å². The standard InChI is InChI=1S/C20H18BrF2O5PS/c1-2-27-19(24)16-7-3-5-14(11-16)6-4-10-30-13-15-8-9-18(17(21)12-15)28-29(25,26)20(22)23/h3,5,7-9,11-12,20H,2,10,13H2,1H3,(H,25,26). The van der Waals surface area contributed by atoms with Crippen molar-refractivity contribution in [3.63, 3.8) is 0 Å². The van der Waals surface area contributed by atoms with E-state index in [4.69, 9.17) is 9.63 Å². The van der Waals surface area contributed by atoms with E-state index in [9.17, 15) is 18.1 Å². The van der Waals surface area contributed by atoms with Crippen molar-refractivity contribution in [2.45, 2.75) is 18.8 Å². The van der Waals surface area contributed by atoms with Gasteiger partial charge in [0, 0.05) is 11.3 Å². The van der Waals surface area contributed by atoms with Crippen molar-refractivity contribution >= 4 is 41.3 Å². The van der Waals surface area contributed by atoms with E-state index < -0.39 is 13.8 Å². The number of carbonyl (C=O) groups excluding carboxylic acids is 1. The van der Waals surface area contributed by atoms with Gasteiger partial charge in [0.2, 0.25) is 0 Å². The lowest BCUT2D eigenvalue weighted by atomic mass is 10.1. The van der Waals surface area contributed by atoms with E-state index in [2.05, 4.69) is 32.3 Å². The summed E-state index contributed by atoms with van der Waals surface area (Å²) in [5.41, 5.74) is 2.01. The highest BCUT2D eigenvalue weighted by Gasteiger charge is 2.34. The number of rotatable bonds is 8. The molecule has 1 N–H and O–H groups in total. The first-order valence-corrected chi connectivity index (χ1v) is 12.2. The van der Waals surface area contributed by atoms with Crippen LogP contribution in [0, 0.1) is 11.8 Å². The number of hydrogen-bond donors (Lipinski definition) is 1. The van der Waals surface area contributed by atoms with Crippen LogP contribution in [0.5, 0.6) is 5.75 Å². The molecule has 0 fully saturated rings. The molecular weight excluding hydrogens is 501 g/mol. The molecule has 2 aromatic carbocycles. The summed E-state index contributed by atoms with van der Waals surface area (Å²) < 4.78 is 46.0. The molecule has 0 amide bonds. The van der Waals surface area contributed by atoms with Crippen LogP contribution in [0.3, 0.4) is 0 Å². The Kier molecular flexibility index (Phi) is 9.37. The first kappa shape index (κ1) is 24.4. The van der Waals surface area contributed by atoms with E-state index in [1.165, 1.54) is 17.8 Å². The summed E-state index contributed by atoms with van der Waals surface area (Å²) in [6, 6.07) is 11.5. The summed E-state index contributed by atoms with van der Waals surface area (Å²) in [5.74, 6) is 6.59. The third kappa shape index (κ3) is 7.44. The number of hydrogen-bond acceptors (Lipinski definition) is 5. The van der Waals surface area contributed by atoms with Gasteiger partial charge in [-0.1, -0.05) is 24.0 Å². The zero-order valence-corrected chi connectivity index (χ0v) is 19.1. The number of halogens is 3. The molecule has 1 unspecified atom stereocenters. The lowest BCUT2D eigenvalue weighted by Gasteiger charge is -2.14. The van der Waals surface area contributed by atoms with Crippen LogP contribution in [0.4, 0.5) is 8.78 Å². The topological polar surface area (TPSA) is 72.8 Å². The van der Waals surface area contributed by atoms with Gasteiger partial charge in [0.05, 0.1) is 22.4 Å².